The number of benzene rings is 1. The molecule has 2 aromatic rings. The predicted octanol–water partition coefficient (Wildman–Crippen LogP) is 3.00. The zero-order valence-electron chi connectivity index (χ0n) is 11.1. The van der Waals surface area contributed by atoms with Crippen molar-refractivity contribution in [2.75, 3.05) is 11.4 Å². The highest BCUT2D eigenvalue weighted by atomic mass is 16.3. The number of para-hydroxylation sites is 1. The summed E-state index contributed by atoms with van der Waals surface area (Å²) < 4.78 is 5.31. The van der Waals surface area contributed by atoms with Crippen LogP contribution in [0, 0.1) is 0 Å². The van der Waals surface area contributed by atoms with Gasteiger partial charge in [-0.1, -0.05) is 32.0 Å². The van der Waals surface area contributed by atoms with Gasteiger partial charge in [-0.3, -0.25) is 4.79 Å². The minimum absolute atomic E-state index is 0.0915. The van der Waals surface area contributed by atoms with Crippen molar-refractivity contribution in [3.05, 3.63) is 47.7 Å². The van der Waals surface area contributed by atoms with Crippen LogP contribution in [-0.4, -0.2) is 17.4 Å². The van der Waals surface area contributed by atoms with Crippen molar-refractivity contribution >= 4 is 11.6 Å². The number of oxazole rings is 1. The van der Waals surface area contributed by atoms with Crippen molar-refractivity contribution in [3.63, 3.8) is 0 Å². The predicted molar refractivity (Wildman–Crippen MR) is 72.4 cm³/mol. The van der Waals surface area contributed by atoms with E-state index in [4.69, 9.17) is 4.42 Å². The molecule has 2 heterocycles. The van der Waals surface area contributed by atoms with E-state index in [9.17, 15) is 4.79 Å². The minimum atomic E-state index is -0.0915. The first-order valence-electron chi connectivity index (χ1n) is 6.51. The lowest BCUT2D eigenvalue weighted by atomic mass is 10.1. The summed E-state index contributed by atoms with van der Waals surface area (Å²) >= 11 is 0. The van der Waals surface area contributed by atoms with Crippen LogP contribution in [0.15, 0.2) is 35.1 Å². The number of carbonyl (C=O) groups is 1. The number of anilines is 1. The van der Waals surface area contributed by atoms with Gasteiger partial charge in [-0.15, -0.1) is 0 Å². The number of carbonyl (C=O) groups excluding carboxylic acids is 1. The van der Waals surface area contributed by atoms with Crippen molar-refractivity contribution in [2.24, 2.45) is 0 Å². The molecule has 0 spiro atoms. The minimum Gasteiger partial charge on any atom is -0.438 e. The maximum atomic E-state index is 12.6. The number of amides is 1. The molecule has 0 saturated heterocycles. The monoisotopic (exact) mass is 256 g/mol. The second-order valence-electron chi connectivity index (χ2n) is 5.06. The maximum absolute atomic E-state index is 12.6. The third-order valence-corrected chi connectivity index (χ3v) is 3.47. The molecule has 0 bridgehead atoms. The molecule has 0 atom stereocenters. The average Bonchev–Trinajstić information content (AvgIpc) is 3.05. The average molecular weight is 256 g/mol. The Morgan fingerprint density at radius 3 is 2.95 bits per heavy atom. The standard InChI is InChI=1S/C15H16N2O2/c1-10(2)13-14(19-9-16-13)15(18)17-8-7-11-5-3-4-6-12(11)17/h3-6,9-10H,7-8H2,1-2H3. The Labute approximate surface area is 112 Å². The van der Waals surface area contributed by atoms with Crippen molar-refractivity contribution in [1.82, 2.24) is 4.98 Å². The van der Waals surface area contributed by atoms with Crippen molar-refractivity contribution in [2.45, 2.75) is 26.2 Å². The maximum Gasteiger partial charge on any atom is 0.296 e. The van der Waals surface area contributed by atoms with E-state index in [1.54, 1.807) is 4.90 Å². The van der Waals surface area contributed by atoms with E-state index in [-0.39, 0.29) is 11.8 Å². The SMILES string of the molecule is CC(C)c1ncoc1C(=O)N1CCc2ccccc21. The molecule has 1 aliphatic heterocycles. The lowest BCUT2D eigenvalue weighted by molar-refractivity contribution is 0.0961. The number of fused-ring (bicyclic) bond motifs is 1. The van der Waals surface area contributed by atoms with E-state index in [1.807, 2.05) is 32.0 Å². The van der Waals surface area contributed by atoms with Gasteiger partial charge in [-0.2, -0.15) is 0 Å². The number of hydrogen-bond acceptors (Lipinski definition) is 3. The fourth-order valence-corrected chi connectivity index (χ4v) is 2.50. The van der Waals surface area contributed by atoms with Gasteiger partial charge in [0.25, 0.3) is 5.91 Å². The van der Waals surface area contributed by atoms with E-state index in [2.05, 4.69) is 11.1 Å². The van der Waals surface area contributed by atoms with Gasteiger partial charge >= 0.3 is 0 Å². The highest BCUT2D eigenvalue weighted by molar-refractivity contribution is 6.06. The summed E-state index contributed by atoms with van der Waals surface area (Å²) in [7, 11) is 0. The van der Waals surface area contributed by atoms with Crippen molar-refractivity contribution in [3.8, 4) is 0 Å². The van der Waals surface area contributed by atoms with Gasteiger partial charge < -0.3 is 9.32 Å². The Bertz CT molecular complexity index is 616. The zero-order chi connectivity index (χ0) is 13.4. The molecule has 4 nitrogen and oxygen atoms in total. The molecule has 19 heavy (non-hydrogen) atoms. The molecule has 0 aliphatic carbocycles. The van der Waals surface area contributed by atoms with E-state index in [0.29, 0.717) is 12.3 Å². The third kappa shape index (κ3) is 1.93. The largest absolute Gasteiger partial charge is 0.438 e. The van der Waals surface area contributed by atoms with E-state index in [0.717, 1.165) is 17.8 Å². The van der Waals surface area contributed by atoms with Crippen LogP contribution in [0.25, 0.3) is 0 Å². The molecular weight excluding hydrogens is 240 g/mol. The first-order chi connectivity index (χ1) is 9.18. The smallest absolute Gasteiger partial charge is 0.296 e. The molecule has 0 unspecified atom stereocenters. The molecule has 1 aromatic carbocycles. The van der Waals surface area contributed by atoms with Crippen LogP contribution in [-0.2, 0) is 6.42 Å². The third-order valence-electron chi connectivity index (χ3n) is 3.47. The number of nitrogens with zero attached hydrogens (tertiary/aromatic N) is 2. The summed E-state index contributed by atoms with van der Waals surface area (Å²) in [5.41, 5.74) is 2.93. The molecule has 1 aliphatic rings. The van der Waals surface area contributed by atoms with Gasteiger partial charge in [0.15, 0.2) is 6.39 Å². The van der Waals surface area contributed by atoms with Gasteiger partial charge in [0.05, 0.1) is 5.69 Å². The molecule has 1 aromatic heterocycles. The molecule has 98 valence electrons. The van der Waals surface area contributed by atoms with E-state index in [1.165, 1.54) is 12.0 Å². The molecule has 0 fully saturated rings. The van der Waals surface area contributed by atoms with Crippen molar-refractivity contribution < 1.29 is 9.21 Å². The Hall–Kier alpha value is -2.10. The summed E-state index contributed by atoms with van der Waals surface area (Å²) in [6.45, 7) is 4.72. The van der Waals surface area contributed by atoms with Gasteiger partial charge in [-0.25, -0.2) is 4.98 Å². The molecular formula is C15H16N2O2. The summed E-state index contributed by atoms with van der Waals surface area (Å²) in [5.74, 6) is 0.452. The lowest BCUT2D eigenvalue weighted by Crippen LogP contribution is -2.29. The molecule has 4 heteroatoms. The van der Waals surface area contributed by atoms with E-state index >= 15 is 0 Å². The number of rotatable bonds is 2. The second-order valence-corrected chi connectivity index (χ2v) is 5.06. The molecule has 1 amide bonds. The molecule has 3 rings (SSSR count). The summed E-state index contributed by atoms with van der Waals surface area (Å²) in [4.78, 5) is 18.5. The van der Waals surface area contributed by atoms with Crippen LogP contribution in [0.5, 0.6) is 0 Å². The van der Waals surface area contributed by atoms with Crippen LogP contribution in [0.1, 0.15) is 41.6 Å². The fraction of sp³-hybridized carbons (Fsp3) is 0.333. The topological polar surface area (TPSA) is 46.3 Å². The van der Waals surface area contributed by atoms with Crippen LogP contribution in [0.3, 0.4) is 0 Å². The molecule has 0 saturated carbocycles. The summed E-state index contributed by atoms with van der Waals surface area (Å²) in [5, 5.41) is 0. The summed E-state index contributed by atoms with van der Waals surface area (Å²) in [6, 6.07) is 7.99. The normalized spacial score (nSPS) is 13.9. The van der Waals surface area contributed by atoms with Crippen LogP contribution < -0.4 is 4.90 Å². The van der Waals surface area contributed by atoms with Gasteiger partial charge in [0.1, 0.15) is 0 Å². The van der Waals surface area contributed by atoms with Gasteiger partial charge in [-0.05, 0) is 24.0 Å². The molecule has 0 N–H and O–H groups in total. The Kier molecular flexibility index (Phi) is 2.85. The Morgan fingerprint density at radius 2 is 2.16 bits per heavy atom. The quantitative estimate of drug-likeness (QED) is 0.829. The zero-order valence-corrected chi connectivity index (χ0v) is 11.1. The first-order valence-corrected chi connectivity index (χ1v) is 6.51. The molecule has 0 radical (unpaired) electrons. The lowest BCUT2D eigenvalue weighted by Gasteiger charge is -2.16. The van der Waals surface area contributed by atoms with Gasteiger partial charge in [0, 0.05) is 12.2 Å². The Morgan fingerprint density at radius 1 is 1.37 bits per heavy atom. The van der Waals surface area contributed by atoms with Crippen LogP contribution >= 0.6 is 0 Å². The van der Waals surface area contributed by atoms with Crippen LogP contribution in [0.4, 0.5) is 5.69 Å². The fourth-order valence-electron chi connectivity index (χ4n) is 2.50. The van der Waals surface area contributed by atoms with Gasteiger partial charge in [0.2, 0.25) is 5.76 Å². The Balaban J connectivity index is 1.96. The summed E-state index contributed by atoms with van der Waals surface area (Å²) in [6.07, 6.45) is 2.25. The number of aromatic nitrogens is 1. The second kappa shape index (κ2) is 4.53. The highest BCUT2D eigenvalue weighted by Crippen LogP contribution is 2.30. The highest BCUT2D eigenvalue weighted by Gasteiger charge is 2.29. The van der Waals surface area contributed by atoms with Crippen LogP contribution in [0.2, 0.25) is 0 Å². The van der Waals surface area contributed by atoms with E-state index < -0.39 is 0 Å². The first kappa shape index (κ1) is 12.0. The van der Waals surface area contributed by atoms with Crippen molar-refractivity contribution in [1.29, 1.82) is 0 Å². The number of hydrogen-bond donors (Lipinski definition) is 0.